The molecule has 4 rings (SSSR count). The SMILES string of the molecule is CC1(C)Cc2[nH]nc(C=O)c2CC1(F)F.CN/C(C=NC(c1ccccc1)C1CNC1)=C/N. The molecule has 0 saturated carbocycles. The Morgan fingerprint density at radius 2 is 1.97 bits per heavy atom. The number of halogens is 2. The Labute approximate surface area is 192 Å². The first-order valence-electron chi connectivity index (χ1n) is 11.0. The molecule has 1 aromatic carbocycles. The number of nitrogens with zero attached hydrogens (tertiary/aromatic N) is 2. The maximum Gasteiger partial charge on any atom is 0.257 e. The van der Waals surface area contributed by atoms with Crippen molar-refractivity contribution in [3.8, 4) is 0 Å². The standard InChI is InChI=1S/C14H20N4.C10H12F2N2O/c1-16-13(7-15)10-18-14(12-8-17-9-12)11-5-3-2-4-6-11;1-9(2)4-7-6(3-10(9,11)12)8(5-15)14-13-7/h2-7,10,12,14,16-17H,8-9,15H2,1H3;5H,3-4H2,1-2H3,(H,13,14)/b13-7+,18-10?;. The first-order chi connectivity index (χ1) is 15.7. The van der Waals surface area contributed by atoms with Crippen LogP contribution in [0, 0.1) is 11.3 Å². The van der Waals surface area contributed by atoms with Gasteiger partial charge in [0.2, 0.25) is 0 Å². The molecule has 1 fully saturated rings. The highest BCUT2D eigenvalue weighted by Gasteiger charge is 2.51. The van der Waals surface area contributed by atoms with Crippen LogP contribution in [0.4, 0.5) is 8.78 Å². The van der Waals surface area contributed by atoms with E-state index >= 15 is 0 Å². The van der Waals surface area contributed by atoms with Gasteiger partial charge in [-0.3, -0.25) is 14.9 Å². The van der Waals surface area contributed by atoms with Crippen LogP contribution in [0.3, 0.4) is 0 Å². The zero-order chi connectivity index (χ0) is 24.1. The number of hydrogen-bond acceptors (Lipinski definition) is 6. The smallest absolute Gasteiger partial charge is 0.257 e. The summed E-state index contributed by atoms with van der Waals surface area (Å²) in [5, 5.41) is 12.7. The third kappa shape index (κ3) is 5.47. The zero-order valence-electron chi connectivity index (χ0n) is 19.2. The summed E-state index contributed by atoms with van der Waals surface area (Å²) in [5.41, 5.74) is 7.65. The fraction of sp³-hybridized carbons (Fsp3) is 0.458. The summed E-state index contributed by atoms with van der Waals surface area (Å²) in [4.78, 5) is 15.3. The number of carbonyl (C=O) groups excluding carboxylic acids is 1. The van der Waals surface area contributed by atoms with E-state index in [9.17, 15) is 13.6 Å². The van der Waals surface area contributed by atoms with E-state index in [1.165, 1.54) is 25.6 Å². The minimum absolute atomic E-state index is 0.111. The molecule has 1 atom stereocenters. The fourth-order valence-corrected chi connectivity index (χ4v) is 3.91. The number of benzene rings is 1. The number of aromatic nitrogens is 2. The van der Waals surface area contributed by atoms with E-state index < -0.39 is 17.8 Å². The van der Waals surface area contributed by atoms with Gasteiger partial charge in [-0.15, -0.1) is 0 Å². The van der Waals surface area contributed by atoms with E-state index in [0.717, 1.165) is 18.8 Å². The quantitative estimate of drug-likeness (QED) is 0.393. The average Bonchev–Trinajstić information content (AvgIpc) is 3.13. The van der Waals surface area contributed by atoms with Crippen LogP contribution >= 0.6 is 0 Å². The van der Waals surface area contributed by atoms with Crippen LogP contribution in [0.15, 0.2) is 47.2 Å². The van der Waals surface area contributed by atoms with Crippen LogP contribution in [-0.2, 0) is 12.8 Å². The van der Waals surface area contributed by atoms with Crippen molar-refractivity contribution in [2.24, 2.45) is 22.1 Å². The molecule has 1 aliphatic carbocycles. The van der Waals surface area contributed by atoms with Crippen LogP contribution < -0.4 is 16.4 Å². The van der Waals surface area contributed by atoms with Crippen molar-refractivity contribution in [2.45, 2.75) is 38.7 Å². The lowest BCUT2D eigenvalue weighted by Crippen LogP contribution is -2.45. The number of aliphatic imine (C=N–C) groups is 1. The Balaban J connectivity index is 0.000000189. The molecule has 1 aromatic heterocycles. The average molecular weight is 459 g/mol. The molecule has 5 N–H and O–H groups in total. The van der Waals surface area contributed by atoms with Crippen molar-refractivity contribution in [3.05, 3.63) is 64.7 Å². The Bertz CT molecular complexity index is 996. The van der Waals surface area contributed by atoms with Crippen molar-refractivity contribution in [1.29, 1.82) is 0 Å². The Kier molecular flexibility index (Phi) is 7.63. The topological polar surface area (TPSA) is 108 Å². The van der Waals surface area contributed by atoms with Crippen LogP contribution in [0.2, 0.25) is 0 Å². The fourth-order valence-electron chi connectivity index (χ4n) is 3.91. The molecule has 2 aromatic rings. The van der Waals surface area contributed by atoms with E-state index in [4.69, 9.17) is 5.73 Å². The Morgan fingerprint density at radius 3 is 2.52 bits per heavy atom. The lowest BCUT2D eigenvalue weighted by molar-refractivity contribution is -0.111. The molecule has 33 heavy (non-hydrogen) atoms. The maximum absolute atomic E-state index is 13.7. The highest BCUT2D eigenvalue weighted by molar-refractivity contribution is 5.77. The Morgan fingerprint density at radius 1 is 1.27 bits per heavy atom. The normalized spacial score (nSPS) is 20.2. The largest absolute Gasteiger partial charge is 0.403 e. The van der Waals surface area contributed by atoms with Gasteiger partial charge >= 0.3 is 0 Å². The minimum atomic E-state index is -2.79. The molecule has 1 aliphatic heterocycles. The molecule has 2 heterocycles. The lowest BCUT2D eigenvalue weighted by Gasteiger charge is -2.37. The van der Waals surface area contributed by atoms with Crippen molar-refractivity contribution in [1.82, 2.24) is 20.8 Å². The van der Waals surface area contributed by atoms with Gasteiger partial charge < -0.3 is 16.4 Å². The summed E-state index contributed by atoms with van der Waals surface area (Å²) in [6, 6.07) is 10.6. The molecular weight excluding hydrogens is 426 g/mol. The highest BCUT2D eigenvalue weighted by atomic mass is 19.3. The summed E-state index contributed by atoms with van der Waals surface area (Å²) < 4.78 is 27.4. The van der Waals surface area contributed by atoms with Crippen LogP contribution in [-0.4, -0.2) is 48.8 Å². The number of rotatable bonds is 6. The third-order valence-electron chi connectivity index (χ3n) is 6.35. The number of aldehydes is 1. The molecule has 1 unspecified atom stereocenters. The van der Waals surface area contributed by atoms with Crippen molar-refractivity contribution in [2.75, 3.05) is 20.1 Å². The monoisotopic (exact) mass is 458 g/mol. The molecule has 0 radical (unpaired) electrons. The molecule has 2 aliphatic rings. The molecular formula is C24H32F2N6O. The first kappa shape index (κ1) is 24.6. The van der Waals surface area contributed by atoms with E-state index in [-0.39, 0.29) is 18.2 Å². The zero-order valence-corrected chi connectivity index (χ0v) is 19.2. The van der Waals surface area contributed by atoms with Gasteiger partial charge in [0.1, 0.15) is 5.69 Å². The van der Waals surface area contributed by atoms with E-state index in [2.05, 4.69) is 50.1 Å². The number of nitrogens with two attached hydrogens (primary N) is 1. The van der Waals surface area contributed by atoms with Crippen LogP contribution in [0.25, 0.3) is 0 Å². The molecule has 7 nitrogen and oxygen atoms in total. The first-order valence-corrected chi connectivity index (χ1v) is 11.0. The second-order valence-corrected chi connectivity index (χ2v) is 9.05. The van der Waals surface area contributed by atoms with E-state index in [1.54, 1.807) is 0 Å². The second-order valence-electron chi connectivity index (χ2n) is 9.05. The van der Waals surface area contributed by atoms with Crippen molar-refractivity contribution >= 4 is 12.5 Å². The number of allylic oxidation sites excluding steroid dienone is 1. The number of alkyl halides is 2. The highest BCUT2D eigenvalue weighted by Crippen LogP contribution is 2.46. The van der Waals surface area contributed by atoms with Gasteiger partial charge in [-0.05, 0) is 5.56 Å². The van der Waals surface area contributed by atoms with Gasteiger partial charge in [-0.1, -0.05) is 44.2 Å². The summed E-state index contributed by atoms with van der Waals surface area (Å²) in [6.45, 7) is 5.10. The van der Waals surface area contributed by atoms with Gasteiger partial charge in [0.05, 0.1) is 11.7 Å². The summed E-state index contributed by atoms with van der Waals surface area (Å²) in [6.07, 6.45) is 3.68. The predicted octanol–water partition coefficient (Wildman–Crippen LogP) is 3.02. The van der Waals surface area contributed by atoms with Crippen molar-refractivity contribution < 1.29 is 13.6 Å². The maximum atomic E-state index is 13.7. The molecule has 0 spiro atoms. The number of carbonyl (C=O) groups is 1. The molecule has 0 amide bonds. The van der Waals surface area contributed by atoms with Gasteiger partial charge in [0.25, 0.3) is 5.92 Å². The van der Waals surface area contributed by atoms with Gasteiger partial charge in [0, 0.05) is 68.0 Å². The molecule has 9 heteroatoms. The number of hydrogen-bond donors (Lipinski definition) is 4. The number of fused-ring (bicyclic) bond motifs is 1. The summed E-state index contributed by atoms with van der Waals surface area (Å²) in [7, 11) is 1.84. The van der Waals surface area contributed by atoms with Crippen molar-refractivity contribution in [3.63, 3.8) is 0 Å². The second kappa shape index (κ2) is 10.2. The predicted molar refractivity (Wildman–Crippen MR) is 125 cm³/mol. The summed E-state index contributed by atoms with van der Waals surface area (Å²) in [5.74, 6) is -2.22. The van der Waals surface area contributed by atoms with E-state index in [0.29, 0.717) is 23.5 Å². The van der Waals surface area contributed by atoms with Gasteiger partial charge in [0.15, 0.2) is 6.29 Å². The summed E-state index contributed by atoms with van der Waals surface area (Å²) >= 11 is 0. The molecule has 1 saturated heterocycles. The van der Waals surface area contributed by atoms with E-state index in [1.807, 2.05) is 19.3 Å². The van der Waals surface area contributed by atoms with Gasteiger partial charge in [-0.25, -0.2) is 8.78 Å². The Hall–Kier alpha value is -3.07. The van der Waals surface area contributed by atoms with Crippen LogP contribution in [0.5, 0.6) is 0 Å². The molecule has 0 bridgehead atoms. The molecule has 178 valence electrons. The third-order valence-corrected chi connectivity index (χ3v) is 6.35. The minimum Gasteiger partial charge on any atom is -0.403 e. The van der Waals surface area contributed by atoms with Crippen LogP contribution in [0.1, 0.15) is 47.2 Å². The lowest BCUT2D eigenvalue weighted by atomic mass is 9.73. The number of H-pyrrole nitrogens is 1. The number of aromatic amines is 1. The van der Waals surface area contributed by atoms with Gasteiger partial charge in [-0.2, -0.15) is 5.10 Å². The number of nitrogens with one attached hydrogen (secondary N) is 3.